The average molecular weight is 291 g/mol. The smallest absolute Gasteiger partial charge is 0.336 e. The first-order valence-electron chi connectivity index (χ1n) is 5.22. The van der Waals surface area contributed by atoms with Gasteiger partial charge in [0.25, 0.3) is 0 Å². The number of hydrogen-bond acceptors (Lipinski definition) is 1. The molecule has 0 aromatic heterocycles. The Labute approximate surface area is 108 Å². The third-order valence-corrected chi connectivity index (χ3v) is 3.20. The van der Waals surface area contributed by atoms with Gasteiger partial charge in [0.15, 0.2) is 0 Å². The molecule has 2 aromatic rings. The summed E-state index contributed by atoms with van der Waals surface area (Å²) < 4.78 is 0.613. The molecule has 2 aromatic carbocycles. The second kappa shape index (κ2) is 5.15. The van der Waals surface area contributed by atoms with Crippen LogP contribution >= 0.6 is 15.9 Å². The molecular formula is C14H11BrO2. The Hall–Kier alpha value is -1.61. The summed E-state index contributed by atoms with van der Waals surface area (Å²) >= 11 is 3.24. The molecule has 2 nitrogen and oxygen atoms in total. The molecule has 3 heteroatoms. The lowest BCUT2D eigenvalue weighted by Gasteiger charge is -2.05. The first-order chi connectivity index (χ1) is 8.16. The van der Waals surface area contributed by atoms with Gasteiger partial charge in [0, 0.05) is 4.47 Å². The van der Waals surface area contributed by atoms with Gasteiger partial charge in [0.05, 0.1) is 5.56 Å². The first kappa shape index (κ1) is 11.9. The van der Waals surface area contributed by atoms with Gasteiger partial charge < -0.3 is 5.11 Å². The summed E-state index contributed by atoms with van der Waals surface area (Å²) in [5, 5.41) is 9.03. The molecular weight excluding hydrogens is 280 g/mol. The van der Waals surface area contributed by atoms with E-state index in [1.807, 2.05) is 36.4 Å². The average Bonchev–Trinajstić information content (AvgIpc) is 2.32. The quantitative estimate of drug-likeness (QED) is 0.935. The highest BCUT2D eigenvalue weighted by molar-refractivity contribution is 9.10. The van der Waals surface area contributed by atoms with Crippen LogP contribution in [0.5, 0.6) is 0 Å². The number of carboxylic acids is 1. The van der Waals surface area contributed by atoms with Gasteiger partial charge in [0.2, 0.25) is 0 Å². The van der Waals surface area contributed by atoms with Gasteiger partial charge in [0.1, 0.15) is 0 Å². The van der Waals surface area contributed by atoms with Crippen molar-refractivity contribution in [1.82, 2.24) is 0 Å². The molecule has 0 bridgehead atoms. The number of rotatable bonds is 3. The molecule has 0 atom stereocenters. The second-order valence-corrected chi connectivity index (χ2v) is 4.64. The summed E-state index contributed by atoms with van der Waals surface area (Å²) in [6, 6.07) is 15.4. The van der Waals surface area contributed by atoms with Crippen molar-refractivity contribution >= 4 is 21.9 Å². The van der Waals surface area contributed by atoms with Crippen molar-refractivity contribution < 1.29 is 9.90 Å². The minimum atomic E-state index is -0.910. The highest BCUT2D eigenvalue weighted by Crippen LogP contribution is 2.20. The Morgan fingerprint density at radius 2 is 1.76 bits per heavy atom. The molecule has 86 valence electrons. The van der Waals surface area contributed by atoms with Gasteiger partial charge in [-0.1, -0.05) is 36.4 Å². The van der Waals surface area contributed by atoms with E-state index in [4.69, 9.17) is 5.11 Å². The van der Waals surface area contributed by atoms with Crippen LogP contribution < -0.4 is 0 Å². The molecule has 0 fully saturated rings. The third-order valence-electron chi connectivity index (χ3n) is 2.51. The van der Waals surface area contributed by atoms with Crippen molar-refractivity contribution in [3.8, 4) is 0 Å². The van der Waals surface area contributed by atoms with Crippen molar-refractivity contribution in [2.24, 2.45) is 0 Å². The Morgan fingerprint density at radius 1 is 1.06 bits per heavy atom. The molecule has 0 unspecified atom stereocenters. The van der Waals surface area contributed by atoms with Crippen molar-refractivity contribution in [3.05, 3.63) is 69.7 Å². The molecule has 0 aliphatic carbocycles. The maximum Gasteiger partial charge on any atom is 0.336 e. The van der Waals surface area contributed by atoms with Crippen LogP contribution in [0.4, 0.5) is 0 Å². The van der Waals surface area contributed by atoms with Crippen LogP contribution in [0.15, 0.2) is 53.0 Å². The molecule has 0 saturated carbocycles. The molecule has 0 amide bonds. The van der Waals surface area contributed by atoms with Crippen molar-refractivity contribution in [1.29, 1.82) is 0 Å². The lowest BCUT2D eigenvalue weighted by Crippen LogP contribution is -1.99. The van der Waals surface area contributed by atoms with Gasteiger partial charge in [-0.05, 0) is 45.6 Å². The van der Waals surface area contributed by atoms with Crippen molar-refractivity contribution in [2.75, 3.05) is 0 Å². The van der Waals surface area contributed by atoms with Crippen LogP contribution in [-0.4, -0.2) is 11.1 Å². The number of carboxylic acid groups (broad SMARTS) is 1. The maximum absolute atomic E-state index is 11.0. The second-order valence-electron chi connectivity index (χ2n) is 3.78. The highest BCUT2D eigenvalue weighted by atomic mass is 79.9. The van der Waals surface area contributed by atoms with E-state index < -0.39 is 5.97 Å². The predicted molar refractivity (Wildman–Crippen MR) is 70.3 cm³/mol. The number of hydrogen-bond donors (Lipinski definition) is 1. The normalized spacial score (nSPS) is 10.2. The minimum absolute atomic E-state index is 0.304. The Morgan fingerprint density at radius 3 is 2.41 bits per heavy atom. The molecule has 0 aliphatic heterocycles. The Kier molecular flexibility index (Phi) is 3.59. The molecule has 1 N–H and O–H groups in total. The molecule has 0 radical (unpaired) electrons. The first-order valence-corrected chi connectivity index (χ1v) is 6.02. The third kappa shape index (κ3) is 2.94. The van der Waals surface area contributed by atoms with E-state index in [9.17, 15) is 4.79 Å². The zero-order chi connectivity index (χ0) is 12.3. The lowest BCUT2D eigenvalue weighted by atomic mass is 10.0. The summed E-state index contributed by atoms with van der Waals surface area (Å²) in [5.74, 6) is -0.910. The van der Waals surface area contributed by atoms with E-state index in [0.29, 0.717) is 10.0 Å². The zero-order valence-electron chi connectivity index (χ0n) is 9.06. The SMILES string of the molecule is O=C(O)c1cc(Cc2ccccc2)ccc1Br. The van der Waals surface area contributed by atoms with Crippen LogP contribution in [0.2, 0.25) is 0 Å². The fourth-order valence-electron chi connectivity index (χ4n) is 1.68. The van der Waals surface area contributed by atoms with Crippen molar-refractivity contribution in [3.63, 3.8) is 0 Å². The fraction of sp³-hybridized carbons (Fsp3) is 0.0714. The van der Waals surface area contributed by atoms with E-state index in [2.05, 4.69) is 15.9 Å². The Bertz CT molecular complexity index is 535. The largest absolute Gasteiger partial charge is 0.478 e. The van der Waals surface area contributed by atoms with Gasteiger partial charge in [-0.15, -0.1) is 0 Å². The number of benzene rings is 2. The van der Waals surface area contributed by atoms with Gasteiger partial charge >= 0.3 is 5.97 Å². The molecule has 2 rings (SSSR count). The van der Waals surface area contributed by atoms with Gasteiger partial charge in [-0.25, -0.2) is 4.79 Å². The van der Waals surface area contributed by atoms with Crippen LogP contribution in [0.25, 0.3) is 0 Å². The summed E-state index contributed by atoms with van der Waals surface area (Å²) in [7, 11) is 0. The van der Waals surface area contributed by atoms with Crippen molar-refractivity contribution in [2.45, 2.75) is 6.42 Å². The molecule has 0 heterocycles. The van der Waals surface area contributed by atoms with Crippen LogP contribution in [0.3, 0.4) is 0 Å². The number of aromatic carboxylic acids is 1. The molecule has 0 saturated heterocycles. The molecule has 0 aliphatic rings. The standard InChI is InChI=1S/C14H11BrO2/c15-13-7-6-11(9-12(13)14(16)17)8-10-4-2-1-3-5-10/h1-7,9H,8H2,(H,16,17). The Balaban J connectivity index is 2.29. The van der Waals surface area contributed by atoms with Gasteiger partial charge in [-0.2, -0.15) is 0 Å². The monoisotopic (exact) mass is 290 g/mol. The summed E-state index contributed by atoms with van der Waals surface area (Å²) in [6.45, 7) is 0. The fourth-order valence-corrected chi connectivity index (χ4v) is 2.09. The number of carbonyl (C=O) groups is 1. The topological polar surface area (TPSA) is 37.3 Å². The minimum Gasteiger partial charge on any atom is -0.478 e. The summed E-state index contributed by atoms with van der Waals surface area (Å²) in [4.78, 5) is 11.0. The zero-order valence-corrected chi connectivity index (χ0v) is 10.6. The summed E-state index contributed by atoms with van der Waals surface area (Å²) in [6.07, 6.45) is 0.744. The predicted octanol–water partition coefficient (Wildman–Crippen LogP) is 3.74. The molecule has 17 heavy (non-hydrogen) atoms. The number of halogens is 1. The van der Waals surface area contributed by atoms with Gasteiger partial charge in [-0.3, -0.25) is 0 Å². The van der Waals surface area contributed by atoms with Crippen LogP contribution in [-0.2, 0) is 6.42 Å². The maximum atomic E-state index is 11.0. The highest BCUT2D eigenvalue weighted by Gasteiger charge is 2.08. The summed E-state index contributed by atoms with van der Waals surface area (Å²) in [5.41, 5.74) is 2.47. The van der Waals surface area contributed by atoms with Crippen LogP contribution in [0, 0.1) is 0 Å². The van der Waals surface area contributed by atoms with E-state index in [-0.39, 0.29) is 0 Å². The van der Waals surface area contributed by atoms with Crippen LogP contribution in [0.1, 0.15) is 21.5 Å². The molecule has 0 spiro atoms. The lowest BCUT2D eigenvalue weighted by molar-refractivity contribution is 0.0696. The van der Waals surface area contributed by atoms with E-state index in [1.54, 1.807) is 12.1 Å². The van der Waals surface area contributed by atoms with E-state index in [1.165, 1.54) is 5.56 Å². The van der Waals surface area contributed by atoms with E-state index >= 15 is 0 Å². The van der Waals surface area contributed by atoms with E-state index in [0.717, 1.165) is 12.0 Å².